The largest absolute Gasteiger partial charge is 0.392 e. The number of hydrogen-bond acceptors (Lipinski definition) is 3. The SMILES string of the molecule is CN=C(N[C@H](C)COC)/C(C)=C/CO. The highest BCUT2D eigenvalue weighted by molar-refractivity contribution is 5.97. The van der Waals surface area contributed by atoms with Crippen molar-refractivity contribution in [3.05, 3.63) is 11.6 Å². The van der Waals surface area contributed by atoms with Crippen molar-refractivity contribution >= 4 is 5.84 Å². The van der Waals surface area contributed by atoms with Gasteiger partial charge in [0.15, 0.2) is 0 Å². The van der Waals surface area contributed by atoms with Crippen LogP contribution in [0.15, 0.2) is 16.6 Å². The molecule has 0 aromatic heterocycles. The minimum atomic E-state index is 0.0329. The van der Waals surface area contributed by atoms with Crippen LogP contribution in [0.4, 0.5) is 0 Å². The molecule has 0 aromatic rings. The van der Waals surface area contributed by atoms with Gasteiger partial charge in [0, 0.05) is 20.2 Å². The van der Waals surface area contributed by atoms with Crippen LogP contribution in [-0.2, 0) is 4.74 Å². The molecule has 0 aliphatic rings. The van der Waals surface area contributed by atoms with E-state index in [0.717, 1.165) is 11.4 Å². The van der Waals surface area contributed by atoms with Crippen LogP contribution in [0.3, 0.4) is 0 Å². The fourth-order valence-corrected chi connectivity index (χ4v) is 1.11. The minimum absolute atomic E-state index is 0.0329. The van der Waals surface area contributed by atoms with E-state index >= 15 is 0 Å². The number of ether oxygens (including phenoxy) is 1. The molecule has 0 aromatic carbocycles. The van der Waals surface area contributed by atoms with Gasteiger partial charge < -0.3 is 15.2 Å². The predicted molar refractivity (Wildman–Crippen MR) is 58.7 cm³/mol. The molecule has 14 heavy (non-hydrogen) atoms. The van der Waals surface area contributed by atoms with E-state index in [4.69, 9.17) is 9.84 Å². The van der Waals surface area contributed by atoms with Crippen LogP contribution in [0.1, 0.15) is 13.8 Å². The zero-order valence-corrected chi connectivity index (χ0v) is 9.37. The van der Waals surface area contributed by atoms with Crippen LogP contribution in [0.25, 0.3) is 0 Å². The van der Waals surface area contributed by atoms with E-state index in [9.17, 15) is 0 Å². The van der Waals surface area contributed by atoms with Crippen molar-refractivity contribution < 1.29 is 9.84 Å². The van der Waals surface area contributed by atoms with E-state index in [-0.39, 0.29) is 12.6 Å². The van der Waals surface area contributed by atoms with Gasteiger partial charge in [0.25, 0.3) is 0 Å². The molecular weight excluding hydrogens is 180 g/mol. The van der Waals surface area contributed by atoms with Crippen molar-refractivity contribution in [2.75, 3.05) is 27.4 Å². The number of nitrogens with one attached hydrogen (secondary N) is 1. The topological polar surface area (TPSA) is 53.9 Å². The maximum absolute atomic E-state index is 8.73. The first-order valence-electron chi connectivity index (χ1n) is 4.66. The molecule has 0 aliphatic carbocycles. The second kappa shape index (κ2) is 7.53. The fourth-order valence-electron chi connectivity index (χ4n) is 1.11. The van der Waals surface area contributed by atoms with Gasteiger partial charge in [-0.15, -0.1) is 0 Å². The summed E-state index contributed by atoms with van der Waals surface area (Å²) in [5, 5.41) is 11.9. The molecule has 0 saturated carbocycles. The van der Waals surface area contributed by atoms with Crippen molar-refractivity contribution in [1.29, 1.82) is 0 Å². The van der Waals surface area contributed by atoms with Crippen LogP contribution in [0.2, 0.25) is 0 Å². The van der Waals surface area contributed by atoms with Crippen molar-refractivity contribution in [2.45, 2.75) is 19.9 Å². The highest BCUT2D eigenvalue weighted by Crippen LogP contribution is 1.96. The Kier molecular flexibility index (Phi) is 7.06. The Morgan fingerprint density at radius 2 is 2.29 bits per heavy atom. The van der Waals surface area contributed by atoms with Gasteiger partial charge in [-0.3, -0.25) is 4.99 Å². The number of aliphatic hydroxyl groups is 1. The summed E-state index contributed by atoms with van der Waals surface area (Å²) >= 11 is 0. The maximum Gasteiger partial charge on any atom is 0.123 e. The zero-order valence-electron chi connectivity index (χ0n) is 9.37. The van der Waals surface area contributed by atoms with Crippen LogP contribution >= 0.6 is 0 Å². The minimum Gasteiger partial charge on any atom is -0.392 e. The van der Waals surface area contributed by atoms with E-state index < -0.39 is 0 Å². The lowest BCUT2D eigenvalue weighted by molar-refractivity contribution is 0.179. The quantitative estimate of drug-likeness (QED) is 0.504. The Hall–Kier alpha value is -0.870. The molecule has 2 N–H and O–H groups in total. The number of aliphatic imine (C=N–C) groups is 1. The van der Waals surface area contributed by atoms with Crippen LogP contribution in [-0.4, -0.2) is 44.4 Å². The van der Waals surface area contributed by atoms with Gasteiger partial charge in [0.1, 0.15) is 5.84 Å². The monoisotopic (exact) mass is 200 g/mol. The molecule has 0 rings (SSSR count). The van der Waals surface area contributed by atoms with E-state index in [2.05, 4.69) is 10.3 Å². The molecule has 1 atom stereocenters. The molecule has 0 bridgehead atoms. The van der Waals surface area contributed by atoms with Gasteiger partial charge in [-0.05, 0) is 19.4 Å². The zero-order chi connectivity index (χ0) is 11.0. The summed E-state index contributed by atoms with van der Waals surface area (Å²) in [5.41, 5.74) is 0.943. The third kappa shape index (κ3) is 4.99. The average molecular weight is 200 g/mol. The second-order valence-electron chi connectivity index (χ2n) is 3.14. The van der Waals surface area contributed by atoms with E-state index in [1.807, 2.05) is 13.8 Å². The average Bonchev–Trinajstić information content (AvgIpc) is 2.15. The summed E-state index contributed by atoms with van der Waals surface area (Å²) in [5.74, 6) is 0.795. The number of aliphatic hydroxyl groups excluding tert-OH is 1. The summed E-state index contributed by atoms with van der Waals surface area (Å²) in [6.07, 6.45) is 1.72. The lowest BCUT2D eigenvalue weighted by Crippen LogP contribution is -2.36. The standard InChI is InChI=1S/C10H20N2O2/c1-8(5-6-13)10(11-3)12-9(2)7-14-4/h5,9,13H,6-7H2,1-4H3,(H,11,12)/b8-5+/t9-/m1/s1. The Morgan fingerprint density at radius 3 is 2.71 bits per heavy atom. The Labute approximate surface area is 85.7 Å². The lowest BCUT2D eigenvalue weighted by Gasteiger charge is -2.16. The second-order valence-corrected chi connectivity index (χ2v) is 3.14. The lowest BCUT2D eigenvalue weighted by atomic mass is 10.2. The molecule has 0 aliphatic heterocycles. The number of hydrogen-bond donors (Lipinski definition) is 2. The molecule has 0 saturated heterocycles. The number of amidine groups is 1. The Balaban J connectivity index is 4.24. The maximum atomic E-state index is 8.73. The molecular formula is C10H20N2O2. The van der Waals surface area contributed by atoms with Gasteiger partial charge in [0.05, 0.1) is 13.2 Å². The van der Waals surface area contributed by atoms with Crippen LogP contribution in [0.5, 0.6) is 0 Å². The number of nitrogens with zero attached hydrogens (tertiary/aromatic N) is 1. The van der Waals surface area contributed by atoms with Crippen molar-refractivity contribution in [2.24, 2.45) is 4.99 Å². The number of methoxy groups -OCH3 is 1. The molecule has 82 valence electrons. The Bertz CT molecular complexity index is 212. The van der Waals surface area contributed by atoms with Gasteiger partial charge in [0.2, 0.25) is 0 Å². The van der Waals surface area contributed by atoms with E-state index in [0.29, 0.717) is 6.61 Å². The molecule has 0 radical (unpaired) electrons. The summed E-state index contributed by atoms with van der Waals surface area (Å²) in [6.45, 7) is 4.59. The summed E-state index contributed by atoms with van der Waals surface area (Å²) < 4.78 is 5.00. The molecule has 0 amide bonds. The van der Waals surface area contributed by atoms with Crippen LogP contribution < -0.4 is 5.32 Å². The first kappa shape index (κ1) is 13.1. The van der Waals surface area contributed by atoms with Crippen molar-refractivity contribution in [1.82, 2.24) is 5.32 Å². The summed E-state index contributed by atoms with van der Waals surface area (Å²) in [7, 11) is 3.38. The molecule has 0 spiro atoms. The smallest absolute Gasteiger partial charge is 0.123 e. The van der Waals surface area contributed by atoms with E-state index in [1.54, 1.807) is 20.2 Å². The normalized spacial score (nSPS) is 15.5. The first-order chi connectivity index (χ1) is 6.65. The molecule has 4 heteroatoms. The molecule has 0 heterocycles. The highest BCUT2D eigenvalue weighted by atomic mass is 16.5. The van der Waals surface area contributed by atoms with Crippen molar-refractivity contribution in [3.63, 3.8) is 0 Å². The third-order valence-corrected chi connectivity index (χ3v) is 1.79. The van der Waals surface area contributed by atoms with E-state index in [1.165, 1.54) is 0 Å². The van der Waals surface area contributed by atoms with Gasteiger partial charge >= 0.3 is 0 Å². The van der Waals surface area contributed by atoms with Gasteiger partial charge in [-0.25, -0.2) is 0 Å². The molecule has 0 fully saturated rings. The fraction of sp³-hybridized carbons (Fsp3) is 0.700. The summed E-state index contributed by atoms with van der Waals surface area (Å²) in [6, 6.07) is 0.209. The molecule has 4 nitrogen and oxygen atoms in total. The first-order valence-corrected chi connectivity index (χ1v) is 4.66. The number of rotatable bonds is 5. The summed E-state index contributed by atoms with van der Waals surface area (Å²) in [4.78, 5) is 4.10. The van der Waals surface area contributed by atoms with Crippen LogP contribution in [0, 0.1) is 0 Å². The van der Waals surface area contributed by atoms with Gasteiger partial charge in [-0.1, -0.05) is 6.08 Å². The van der Waals surface area contributed by atoms with Gasteiger partial charge in [-0.2, -0.15) is 0 Å². The third-order valence-electron chi connectivity index (χ3n) is 1.79. The Morgan fingerprint density at radius 1 is 1.64 bits per heavy atom. The van der Waals surface area contributed by atoms with Crippen molar-refractivity contribution in [3.8, 4) is 0 Å². The molecule has 0 unspecified atom stereocenters. The predicted octanol–water partition coefficient (Wildman–Crippen LogP) is 0.578. The highest BCUT2D eigenvalue weighted by Gasteiger charge is 2.05.